The van der Waals surface area contributed by atoms with Crippen LogP contribution in [0.3, 0.4) is 0 Å². The van der Waals surface area contributed by atoms with Gasteiger partial charge in [-0.3, -0.25) is 0 Å². The Labute approximate surface area is 124 Å². The van der Waals surface area contributed by atoms with Crippen LogP contribution in [0.2, 0.25) is 0 Å². The molecule has 3 N–H and O–H groups in total. The third kappa shape index (κ3) is 3.45. The molecule has 0 aliphatic carbocycles. The fourth-order valence-corrected chi connectivity index (χ4v) is 2.16. The summed E-state index contributed by atoms with van der Waals surface area (Å²) in [5, 5.41) is 3.35. The van der Waals surface area contributed by atoms with E-state index in [2.05, 4.69) is 10.3 Å². The third-order valence-electron chi connectivity index (χ3n) is 3.00. The fourth-order valence-electron chi connectivity index (χ4n) is 1.93. The second kappa shape index (κ2) is 6.34. The van der Waals surface area contributed by atoms with E-state index in [1.54, 1.807) is 13.3 Å². The minimum Gasteiger partial charge on any atom is -0.481 e. The van der Waals surface area contributed by atoms with Gasteiger partial charge in [-0.25, -0.2) is 4.98 Å². The molecule has 0 aliphatic rings. The highest BCUT2D eigenvalue weighted by Crippen LogP contribution is 2.17. The number of nitrogens with one attached hydrogen (secondary N) is 1. The first-order valence-electron chi connectivity index (χ1n) is 6.23. The Kier molecular flexibility index (Phi) is 4.53. The number of hydrogen-bond donors (Lipinski definition) is 2. The molecule has 5 heteroatoms. The Morgan fingerprint density at radius 2 is 2.15 bits per heavy atom. The maximum atomic E-state index is 5.65. The molecule has 2 rings (SSSR count). The van der Waals surface area contributed by atoms with Crippen molar-refractivity contribution in [3.63, 3.8) is 0 Å². The molecular weight excluding hydrogens is 270 g/mol. The molecule has 0 radical (unpaired) electrons. The highest BCUT2D eigenvalue weighted by Gasteiger charge is 2.03. The molecule has 1 heterocycles. The lowest BCUT2D eigenvalue weighted by molar-refractivity contribution is 0.397. The van der Waals surface area contributed by atoms with E-state index in [1.165, 1.54) is 0 Å². The standard InChI is InChI=1S/C15H17N3OS/c1-10-7-12(3-4-13(10)15(16)20)18-9-11-5-6-17-14(8-11)19-2/h3-8,18H,9H2,1-2H3,(H2,16,20). The number of ether oxygens (including phenoxy) is 1. The lowest BCUT2D eigenvalue weighted by atomic mass is 10.1. The molecule has 0 unspecified atom stereocenters. The highest BCUT2D eigenvalue weighted by atomic mass is 32.1. The molecule has 1 aromatic carbocycles. The number of aromatic nitrogens is 1. The van der Waals surface area contributed by atoms with E-state index in [0.717, 1.165) is 22.4 Å². The first-order chi connectivity index (χ1) is 9.60. The second-order valence-corrected chi connectivity index (χ2v) is 4.89. The number of methoxy groups -OCH3 is 1. The summed E-state index contributed by atoms with van der Waals surface area (Å²) in [4.78, 5) is 4.50. The Hall–Kier alpha value is -2.14. The predicted molar refractivity (Wildman–Crippen MR) is 85.2 cm³/mol. The Balaban J connectivity index is 2.07. The Bertz CT molecular complexity index is 628. The zero-order chi connectivity index (χ0) is 14.5. The second-order valence-electron chi connectivity index (χ2n) is 4.45. The Morgan fingerprint density at radius 3 is 2.80 bits per heavy atom. The molecule has 104 valence electrons. The SMILES string of the molecule is COc1cc(CNc2ccc(C(N)=S)c(C)c2)ccn1. The molecule has 0 bridgehead atoms. The smallest absolute Gasteiger partial charge is 0.213 e. The molecule has 0 atom stereocenters. The molecule has 4 nitrogen and oxygen atoms in total. The van der Waals surface area contributed by atoms with Crippen LogP contribution >= 0.6 is 12.2 Å². The summed E-state index contributed by atoms with van der Waals surface area (Å²) in [7, 11) is 1.61. The number of aryl methyl sites for hydroxylation is 1. The molecule has 0 saturated carbocycles. The van der Waals surface area contributed by atoms with Crippen molar-refractivity contribution >= 4 is 22.9 Å². The number of nitrogens with zero attached hydrogens (tertiary/aromatic N) is 1. The average molecular weight is 287 g/mol. The molecule has 2 aromatic rings. The molecule has 0 aliphatic heterocycles. The molecule has 1 aromatic heterocycles. The van der Waals surface area contributed by atoms with Crippen molar-refractivity contribution < 1.29 is 4.74 Å². The zero-order valence-electron chi connectivity index (χ0n) is 11.5. The van der Waals surface area contributed by atoms with Crippen LogP contribution in [0.5, 0.6) is 5.88 Å². The van der Waals surface area contributed by atoms with Crippen LogP contribution in [0.25, 0.3) is 0 Å². The quantitative estimate of drug-likeness (QED) is 0.828. The molecule has 0 amide bonds. The lowest BCUT2D eigenvalue weighted by Crippen LogP contribution is -2.11. The van der Waals surface area contributed by atoms with Gasteiger partial charge in [0.05, 0.1) is 7.11 Å². The van der Waals surface area contributed by atoms with Crippen molar-refractivity contribution in [2.75, 3.05) is 12.4 Å². The average Bonchev–Trinajstić information content (AvgIpc) is 2.45. The van der Waals surface area contributed by atoms with Crippen LogP contribution in [0.1, 0.15) is 16.7 Å². The van der Waals surface area contributed by atoms with Gasteiger partial charge in [0.1, 0.15) is 4.99 Å². The fraction of sp³-hybridized carbons (Fsp3) is 0.200. The van der Waals surface area contributed by atoms with Crippen molar-refractivity contribution in [3.05, 3.63) is 53.2 Å². The van der Waals surface area contributed by atoms with E-state index in [0.29, 0.717) is 17.4 Å². The maximum Gasteiger partial charge on any atom is 0.213 e. The van der Waals surface area contributed by atoms with Crippen LogP contribution in [-0.2, 0) is 6.54 Å². The van der Waals surface area contributed by atoms with Crippen molar-refractivity contribution in [3.8, 4) is 5.88 Å². The van der Waals surface area contributed by atoms with E-state index in [-0.39, 0.29) is 0 Å². The normalized spacial score (nSPS) is 10.1. The number of hydrogen-bond acceptors (Lipinski definition) is 4. The van der Waals surface area contributed by atoms with Gasteiger partial charge in [0, 0.05) is 30.1 Å². The van der Waals surface area contributed by atoms with Crippen molar-refractivity contribution in [2.45, 2.75) is 13.5 Å². The zero-order valence-corrected chi connectivity index (χ0v) is 12.3. The van der Waals surface area contributed by atoms with Gasteiger partial charge in [-0.2, -0.15) is 0 Å². The summed E-state index contributed by atoms with van der Waals surface area (Å²) < 4.78 is 5.10. The first-order valence-corrected chi connectivity index (χ1v) is 6.64. The van der Waals surface area contributed by atoms with Crippen LogP contribution < -0.4 is 15.8 Å². The summed E-state index contributed by atoms with van der Waals surface area (Å²) in [6, 6.07) is 9.80. The van der Waals surface area contributed by atoms with Gasteiger partial charge >= 0.3 is 0 Å². The number of rotatable bonds is 5. The van der Waals surface area contributed by atoms with Crippen LogP contribution in [0, 0.1) is 6.92 Å². The molecule has 0 spiro atoms. The number of thiocarbonyl (C=S) groups is 1. The third-order valence-corrected chi connectivity index (χ3v) is 3.22. The monoisotopic (exact) mass is 287 g/mol. The van der Waals surface area contributed by atoms with Gasteiger partial charge in [0.25, 0.3) is 0 Å². The molecule has 20 heavy (non-hydrogen) atoms. The number of anilines is 1. The van der Waals surface area contributed by atoms with E-state index in [1.807, 2.05) is 37.3 Å². The largest absolute Gasteiger partial charge is 0.481 e. The van der Waals surface area contributed by atoms with Gasteiger partial charge in [0.15, 0.2) is 0 Å². The van der Waals surface area contributed by atoms with Crippen LogP contribution in [-0.4, -0.2) is 17.1 Å². The predicted octanol–water partition coefficient (Wildman–Crippen LogP) is 2.64. The van der Waals surface area contributed by atoms with Gasteiger partial charge in [-0.05, 0) is 42.3 Å². The molecular formula is C15H17N3OS. The van der Waals surface area contributed by atoms with Gasteiger partial charge in [-0.15, -0.1) is 0 Å². The minimum absolute atomic E-state index is 0.424. The first kappa shape index (κ1) is 14.3. The van der Waals surface area contributed by atoms with Crippen molar-refractivity contribution in [1.82, 2.24) is 4.98 Å². The highest BCUT2D eigenvalue weighted by molar-refractivity contribution is 7.80. The van der Waals surface area contributed by atoms with E-state index in [4.69, 9.17) is 22.7 Å². The van der Waals surface area contributed by atoms with Gasteiger partial charge < -0.3 is 15.8 Å². The van der Waals surface area contributed by atoms with E-state index < -0.39 is 0 Å². The molecule has 0 saturated heterocycles. The number of benzene rings is 1. The van der Waals surface area contributed by atoms with Gasteiger partial charge in [-0.1, -0.05) is 12.2 Å². The minimum atomic E-state index is 0.424. The summed E-state index contributed by atoms with van der Waals surface area (Å²) in [5.41, 5.74) is 9.76. The molecule has 0 fully saturated rings. The van der Waals surface area contributed by atoms with Crippen LogP contribution in [0.15, 0.2) is 36.5 Å². The summed E-state index contributed by atoms with van der Waals surface area (Å²) >= 11 is 5.00. The van der Waals surface area contributed by atoms with E-state index >= 15 is 0 Å². The number of pyridine rings is 1. The van der Waals surface area contributed by atoms with Gasteiger partial charge in [0.2, 0.25) is 5.88 Å². The summed E-state index contributed by atoms with van der Waals surface area (Å²) in [5.74, 6) is 0.615. The van der Waals surface area contributed by atoms with Crippen molar-refractivity contribution in [1.29, 1.82) is 0 Å². The number of nitrogens with two attached hydrogens (primary N) is 1. The topological polar surface area (TPSA) is 60.2 Å². The van der Waals surface area contributed by atoms with Crippen molar-refractivity contribution in [2.24, 2.45) is 5.73 Å². The maximum absolute atomic E-state index is 5.65. The lowest BCUT2D eigenvalue weighted by Gasteiger charge is -2.10. The summed E-state index contributed by atoms with van der Waals surface area (Å²) in [6.07, 6.45) is 1.73. The Morgan fingerprint density at radius 1 is 1.35 bits per heavy atom. The summed E-state index contributed by atoms with van der Waals surface area (Å²) in [6.45, 7) is 2.69. The van der Waals surface area contributed by atoms with Crippen LogP contribution in [0.4, 0.5) is 5.69 Å². The van der Waals surface area contributed by atoms with E-state index in [9.17, 15) is 0 Å².